The van der Waals surface area contributed by atoms with Gasteiger partial charge in [0.2, 0.25) is 0 Å². The lowest BCUT2D eigenvalue weighted by Crippen LogP contribution is -2.10. The molecule has 0 bridgehead atoms. The zero-order valence-corrected chi connectivity index (χ0v) is 16.3. The van der Waals surface area contributed by atoms with E-state index in [1.807, 2.05) is 72.8 Å². The van der Waals surface area contributed by atoms with Crippen LogP contribution < -0.4 is 10.2 Å². The number of nitrogens with zero attached hydrogens (tertiary/aromatic N) is 1. The minimum Gasteiger partial charge on any atom is -0.497 e. The van der Waals surface area contributed by atoms with Gasteiger partial charge in [-0.2, -0.15) is 0 Å². The maximum absolute atomic E-state index is 12.7. The Labute approximate surface area is 165 Å². The van der Waals surface area contributed by atoms with Crippen LogP contribution in [0.25, 0.3) is 27.8 Å². The molecule has 4 aromatic rings. The van der Waals surface area contributed by atoms with E-state index in [1.54, 1.807) is 13.2 Å². The highest BCUT2D eigenvalue weighted by Gasteiger charge is 2.12. The molecule has 1 heterocycles. The van der Waals surface area contributed by atoms with Gasteiger partial charge in [0.1, 0.15) is 5.75 Å². The number of rotatable bonds is 3. The van der Waals surface area contributed by atoms with Gasteiger partial charge in [-0.05, 0) is 76.7 Å². The summed E-state index contributed by atoms with van der Waals surface area (Å²) in [6.07, 6.45) is 0. The molecule has 0 spiro atoms. The summed E-state index contributed by atoms with van der Waals surface area (Å²) in [5.74, 6) is 0.801. The lowest BCUT2D eigenvalue weighted by atomic mass is 10.1. The topological polar surface area (TPSA) is 31.2 Å². The Morgan fingerprint density at radius 1 is 0.885 bits per heavy atom. The molecule has 4 heteroatoms. The highest BCUT2D eigenvalue weighted by molar-refractivity contribution is 14.1. The molecular formula is C22H16INO2. The van der Waals surface area contributed by atoms with Crippen LogP contribution in [0.1, 0.15) is 0 Å². The minimum atomic E-state index is 0.0268. The number of hydrogen-bond acceptors (Lipinski definition) is 2. The second-order valence-electron chi connectivity index (χ2n) is 5.95. The Balaban J connectivity index is 2.07. The third-order valence-electron chi connectivity index (χ3n) is 4.39. The number of methoxy groups -OCH3 is 1. The van der Waals surface area contributed by atoms with E-state index < -0.39 is 0 Å². The molecule has 3 nitrogen and oxygen atoms in total. The van der Waals surface area contributed by atoms with Crippen molar-refractivity contribution in [3.05, 3.63) is 92.7 Å². The first kappa shape index (κ1) is 16.8. The molecule has 0 aliphatic heterocycles. The molecular weight excluding hydrogens is 437 g/mol. The van der Waals surface area contributed by atoms with Crippen LogP contribution in [-0.2, 0) is 0 Å². The van der Waals surface area contributed by atoms with Crippen molar-refractivity contribution in [1.29, 1.82) is 0 Å². The summed E-state index contributed by atoms with van der Waals surface area (Å²) < 4.78 is 8.56. The molecule has 0 fully saturated rings. The number of pyridine rings is 1. The fourth-order valence-electron chi connectivity index (χ4n) is 3.12. The summed E-state index contributed by atoms with van der Waals surface area (Å²) in [6.45, 7) is 0. The van der Waals surface area contributed by atoms with E-state index in [2.05, 4.69) is 27.2 Å². The molecule has 0 atom stereocenters. The number of benzene rings is 3. The number of halogens is 1. The number of aromatic nitrogens is 1. The number of para-hydroxylation sites is 1. The van der Waals surface area contributed by atoms with Gasteiger partial charge in [-0.25, -0.2) is 0 Å². The van der Waals surface area contributed by atoms with E-state index in [1.165, 1.54) is 0 Å². The maximum atomic E-state index is 12.7. The van der Waals surface area contributed by atoms with Crippen LogP contribution in [0.5, 0.6) is 5.75 Å². The van der Waals surface area contributed by atoms with Gasteiger partial charge in [-0.1, -0.05) is 24.3 Å². The molecule has 0 radical (unpaired) electrons. The summed E-state index contributed by atoms with van der Waals surface area (Å²) in [5.41, 5.74) is 3.77. The molecule has 1 aromatic heterocycles. The van der Waals surface area contributed by atoms with E-state index in [9.17, 15) is 4.79 Å². The molecule has 0 saturated heterocycles. The Kier molecular flexibility index (Phi) is 4.51. The van der Waals surface area contributed by atoms with Gasteiger partial charge < -0.3 is 9.30 Å². The summed E-state index contributed by atoms with van der Waals surface area (Å²) in [6, 6.07) is 25.5. The first-order valence-electron chi connectivity index (χ1n) is 8.22. The Morgan fingerprint density at radius 3 is 2.27 bits per heavy atom. The predicted octanol–water partition coefficient (Wildman–Crippen LogP) is 5.27. The summed E-state index contributed by atoms with van der Waals surface area (Å²) in [7, 11) is 1.65. The van der Waals surface area contributed by atoms with Gasteiger partial charge >= 0.3 is 0 Å². The molecule has 4 rings (SSSR count). The molecule has 0 N–H and O–H groups in total. The average molecular weight is 453 g/mol. The molecule has 26 heavy (non-hydrogen) atoms. The van der Waals surface area contributed by atoms with Crippen LogP contribution in [-0.4, -0.2) is 11.7 Å². The van der Waals surface area contributed by atoms with Crippen molar-refractivity contribution < 1.29 is 4.74 Å². The van der Waals surface area contributed by atoms with Gasteiger partial charge in [0.05, 0.1) is 18.3 Å². The van der Waals surface area contributed by atoms with Crippen molar-refractivity contribution >= 4 is 33.5 Å². The Hall–Kier alpha value is -2.60. The van der Waals surface area contributed by atoms with Crippen molar-refractivity contribution in [2.24, 2.45) is 0 Å². The summed E-state index contributed by atoms with van der Waals surface area (Å²) in [5, 5.41) is 0.706. The third-order valence-corrected chi connectivity index (χ3v) is 5.11. The normalized spacial score (nSPS) is 10.8. The quantitative estimate of drug-likeness (QED) is 0.396. The highest BCUT2D eigenvalue weighted by atomic mass is 127. The second-order valence-corrected chi connectivity index (χ2v) is 7.20. The number of fused-ring (bicyclic) bond motifs is 1. The molecule has 0 saturated carbocycles. The maximum Gasteiger partial charge on any atom is 0.190 e. The zero-order valence-electron chi connectivity index (χ0n) is 14.1. The standard InChI is InChI=1S/C22H16INO2/c1-26-18-12-10-17(11-13-18)24-20-5-3-2-4-19(20)22(25)14-21(24)15-6-8-16(23)9-7-15/h2-14H,1H3. The summed E-state index contributed by atoms with van der Waals surface area (Å²) in [4.78, 5) is 12.7. The van der Waals surface area contributed by atoms with Crippen LogP contribution in [0.4, 0.5) is 0 Å². The van der Waals surface area contributed by atoms with Gasteiger partial charge in [-0.15, -0.1) is 0 Å². The lowest BCUT2D eigenvalue weighted by Gasteiger charge is -2.18. The Morgan fingerprint density at radius 2 is 1.58 bits per heavy atom. The van der Waals surface area contributed by atoms with Crippen LogP contribution in [0, 0.1) is 3.57 Å². The number of ether oxygens (including phenoxy) is 1. The van der Waals surface area contributed by atoms with E-state index in [-0.39, 0.29) is 5.43 Å². The second kappa shape index (κ2) is 6.96. The van der Waals surface area contributed by atoms with Gasteiger partial charge in [-0.3, -0.25) is 4.79 Å². The average Bonchev–Trinajstić information content (AvgIpc) is 2.69. The first-order valence-corrected chi connectivity index (χ1v) is 9.30. The highest BCUT2D eigenvalue weighted by Crippen LogP contribution is 2.28. The van der Waals surface area contributed by atoms with Gasteiger partial charge in [0.15, 0.2) is 5.43 Å². The zero-order chi connectivity index (χ0) is 18.1. The molecule has 0 unspecified atom stereocenters. The predicted molar refractivity (Wildman–Crippen MR) is 114 cm³/mol. The fourth-order valence-corrected chi connectivity index (χ4v) is 3.48. The molecule has 128 valence electrons. The third kappa shape index (κ3) is 3.01. The van der Waals surface area contributed by atoms with Crippen molar-refractivity contribution in [2.75, 3.05) is 7.11 Å². The van der Waals surface area contributed by atoms with Crippen LogP contribution in [0.15, 0.2) is 83.7 Å². The van der Waals surface area contributed by atoms with Crippen LogP contribution >= 0.6 is 22.6 Å². The molecule has 0 aliphatic rings. The molecule has 0 aliphatic carbocycles. The van der Waals surface area contributed by atoms with Crippen molar-refractivity contribution in [3.8, 4) is 22.7 Å². The van der Waals surface area contributed by atoms with Crippen LogP contribution in [0.3, 0.4) is 0 Å². The van der Waals surface area contributed by atoms with E-state index in [4.69, 9.17) is 4.74 Å². The van der Waals surface area contributed by atoms with Crippen molar-refractivity contribution in [1.82, 2.24) is 4.57 Å². The number of hydrogen-bond donors (Lipinski definition) is 0. The largest absolute Gasteiger partial charge is 0.497 e. The van der Waals surface area contributed by atoms with Crippen LogP contribution in [0.2, 0.25) is 0 Å². The van der Waals surface area contributed by atoms with E-state index >= 15 is 0 Å². The minimum absolute atomic E-state index is 0.0268. The smallest absolute Gasteiger partial charge is 0.190 e. The monoisotopic (exact) mass is 453 g/mol. The SMILES string of the molecule is COc1ccc(-n2c(-c3ccc(I)cc3)cc(=O)c3ccccc32)cc1. The van der Waals surface area contributed by atoms with Gasteiger partial charge in [0.25, 0.3) is 0 Å². The van der Waals surface area contributed by atoms with E-state index in [0.29, 0.717) is 5.39 Å². The summed E-state index contributed by atoms with van der Waals surface area (Å²) >= 11 is 2.28. The lowest BCUT2D eigenvalue weighted by molar-refractivity contribution is 0.415. The Bertz CT molecular complexity index is 1130. The fraction of sp³-hybridized carbons (Fsp3) is 0.0455. The van der Waals surface area contributed by atoms with E-state index in [0.717, 1.165) is 31.8 Å². The molecule has 3 aromatic carbocycles. The van der Waals surface area contributed by atoms with Crippen molar-refractivity contribution in [2.45, 2.75) is 0 Å². The first-order chi connectivity index (χ1) is 12.7. The molecule has 0 amide bonds. The van der Waals surface area contributed by atoms with Crippen molar-refractivity contribution in [3.63, 3.8) is 0 Å². The van der Waals surface area contributed by atoms with Gasteiger partial charge in [0, 0.05) is 20.7 Å².